The Kier molecular flexibility index (Phi) is 7.32. The van der Waals surface area contributed by atoms with Crippen molar-refractivity contribution < 1.29 is 18.7 Å². The zero-order chi connectivity index (χ0) is 27.0. The van der Waals surface area contributed by atoms with Crippen molar-refractivity contribution in [1.29, 1.82) is 0 Å². The number of aromatic nitrogens is 2. The molecule has 0 radical (unpaired) electrons. The van der Waals surface area contributed by atoms with Crippen LogP contribution in [0.15, 0.2) is 54.6 Å². The number of benzene rings is 2. The van der Waals surface area contributed by atoms with Gasteiger partial charge in [-0.25, -0.2) is 9.07 Å². The van der Waals surface area contributed by atoms with Crippen LogP contribution in [-0.2, 0) is 11.2 Å². The van der Waals surface area contributed by atoms with E-state index in [0.29, 0.717) is 34.9 Å². The summed E-state index contributed by atoms with van der Waals surface area (Å²) in [4.78, 5) is 26.0. The molecule has 0 saturated carbocycles. The van der Waals surface area contributed by atoms with Crippen LogP contribution in [0.3, 0.4) is 0 Å². The van der Waals surface area contributed by atoms with Gasteiger partial charge in [-0.05, 0) is 93.4 Å². The van der Waals surface area contributed by atoms with Crippen LogP contribution in [0.4, 0.5) is 4.39 Å². The summed E-state index contributed by atoms with van der Waals surface area (Å²) in [7, 11) is 0. The van der Waals surface area contributed by atoms with Gasteiger partial charge in [-0.2, -0.15) is 5.10 Å². The molecule has 5 rings (SSSR count). The van der Waals surface area contributed by atoms with Gasteiger partial charge in [0.15, 0.2) is 11.6 Å². The molecule has 38 heavy (non-hydrogen) atoms. The number of carbonyl (C=O) groups is 2. The smallest absolute Gasteiger partial charge is 0.169 e. The molecule has 5 nitrogen and oxygen atoms in total. The molecule has 194 valence electrons. The Balaban J connectivity index is 1.22. The molecule has 1 aliphatic heterocycles. The van der Waals surface area contributed by atoms with Crippen molar-refractivity contribution in [2.45, 2.75) is 46.1 Å². The molecule has 8 heteroatoms. The van der Waals surface area contributed by atoms with Gasteiger partial charge >= 0.3 is 0 Å². The minimum atomic E-state index is -0.302. The van der Waals surface area contributed by atoms with Gasteiger partial charge in [0.05, 0.1) is 21.3 Å². The Morgan fingerprint density at radius 1 is 1.18 bits per heavy atom. The van der Waals surface area contributed by atoms with Crippen LogP contribution in [-0.4, -0.2) is 27.5 Å². The molecule has 4 aromatic rings. The third kappa shape index (κ3) is 5.35. The Morgan fingerprint density at radius 2 is 1.95 bits per heavy atom. The van der Waals surface area contributed by atoms with E-state index in [1.54, 1.807) is 35.9 Å². The minimum absolute atomic E-state index is 0.0000204. The molecule has 0 bridgehead atoms. The highest BCUT2D eigenvalue weighted by Gasteiger charge is 2.26. The lowest BCUT2D eigenvalue weighted by molar-refractivity contribution is -0.115. The van der Waals surface area contributed by atoms with Gasteiger partial charge in [-0.3, -0.25) is 9.59 Å². The molecule has 1 atom stereocenters. The number of allylic oxidation sites excluding steroid dienone is 1. The van der Waals surface area contributed by atoms with Gasteiger partial charge in [0.25, 0.3) is 0 Å². The topological polar surface area (TPSA) is 61.2 Å². The minimum Gasteiger partial charge on any atom is -0.488 e. The highest BCUT2D eigenvalue weighted by atomic mass is 35.5. The van der Waals surface area contributed by atoms with Crippen LogP contribution in [0, 0.1) is 19.7 Å². The third-order valence-electron chi connectivity index (χ3n) is 6.66. The van der Waals surface area contributed by atoms with Gasteiger partial charge in [0.1, 0.15) is 17.7 Å². The Morgan fingerprint density at radius 3 is 2.66 bits per heavy atom. The van der Waals surface area contributed by atoms with E-state index >= 15 is 0 Å². The molecule has 0 aliphatic carbocycles. The first-order chi connectivity index (χ1) is 18.2. The molecule has 0 spiro atoms. The summed E-state index contributed by atoms with van der Waals surface area (Å²) in [5.74, 6) is 0.415. The van der Waals surface area contributed by atoms with E-state index in [1.807, 2.05) is 32.0 Å². The van der Waals surface area contributed by atoms with E-state index in [0.717, 1.165) is 38.6 Å². The van der Waals surface area contributed by atoms with E-state index in [4.69, 9.17) is 16.3 Å². The summed E-state index contributed by atoms with van der Waals surface area (Å²) >= 11 is 7.98. The number of nitrogens with zero attached hydrogens (tertiary/aromatic N) is 2. The number of hydrogen-bond donors (Lipinski definition) is 0. The Labute approximate surface area is 229 Å². The predicted molar refractivity (Wildman–Crippen MR) is 149 cm³/mol. The van der Waals surface area contributed by atoms with Crippen LogP contribution in [0.2, 0.25) is 5.02 Å². The molecule has 0 amide bonds. The maximum Gasteiger partial charge on any atom is 0.169 e. The lowest BCUT2D eigenvalue weighted by Gasteiger charge is -2.10. The largest absolute Gasteiger partial charge is 0.488 e. The summed E-state index contributed by atoms with van der Waals surface area (Å²) in [6.45, 7) is 5.37. The number of Topliss-reactive ketones (excluding diaryl/α,β-unsaturated/α-hetero) is 1. The number of carbonyl (C=O) groups excluding carboxylic acids is 2. The highest BCUT2D eigenvalue weighted by molar-refractivity contribution is 7.17. The first-order valence-electron chi connectivity index (χ1n) is 12.3. The molecular weight excluding hydrogens is 523 g/mol. The molecule has 3 heterocycles. The number of rotatable bonds is 8. The lowest BCUT2D eigenvalue weighted by Crippen LogP contribution is -2.14. The standard InChI is InChI=1S/C30H26ClFN2O3S/c1-17-26(18(2)34(33-17)23-6-4-22(32)5-7-23)11-9-24(36)8-10-25-15-21-14-20(16-27(31)30(21)37-25)29-13-12-28(38-29)19(3)35/h4-7,9,11-14,16,25H,8,10,15H2,1-3H3/b11-9+. The van der Waals surface area contributed by atoms with Crippen molar-refractivity contribution in [3.05, 3.63) is 92.8 Å². The average molecular weight is 549 g/mol. The first-order valence-corrected chi connectivity index (χ1v) is 13.5. The zero-order valence-corrected chi connectivity index (χ0v) is 22.8. The van der Waals surface area contributed by atoms with Crippen molar-refractivity contribution in [3.63, 3.8) is 0 Å². The maximum absolute atomic E-state index is 13.3. The van der Waals surface area contributed by atoms with Crippen LogP contribution >= 0.6 is 22.9 Å². The molecule has 1 unspecified atom stereocenters. The Bertz CT molecular complexity index is 1570. The number of hydrogen-bond acceptors (Lipinski definition) is 5. The number of fused-ring (bicyclic) bond motifs is 1. The van der Waals surface area contributed by atoms with E-state index in [1.165, 1.54) is 23.5 Å². The first kappa shape index (κ1) is 26.1. The number of ether oxygens (including phenoxy) is 1. The zero-order valence-electron chi connectivity index (χ0n) is 21.3. The van der Waals surface area contributed by atoms with Crippen LogP contribution in [0.5, 0.6) is 5.75 Å². The van der Waals surface area contributed by atoms with E-state index < -0.39 is 0 Å². The highest BCUT2D eigenvalue weighted by Crippen LogP contribution is 2.41. The molecule has 0 saturated heterocycles. The van der Waals surface area contributed by atoms with Gasteiger partial charge in [-0.15, -0.1) is 11.3 Å². The third-order valence-corrected chi connectivity index (χ3v) is 8.17. The monoisotopic (exact) mass is 548 g/mol. The van der Waals surface area contributed by atoms with Gasteiger partial charge in [0, 0.05) is 34.5 Å². The second-order valence-electron chi connectivity index (χ2n) is 9.42. The second-order valence-corrected chi connectivity index (χ2v) is 10.9. The molecular formula is C30H26ClFN2O3S. The predicted octanol–water partition coefficient (Wildman–Crippen LogP) is 7.58. The molecule has 2 aromatic heterocycles. The van der Waals surface area contributed by atoms with E-state index in [9.17, 15) is 14.0 Å². The van der Waals surface area contributed by atoms with Crippen molar-refractivity contribution in [1.82, 2.24) is 9.78 Å². The fourth-order valence-electron chi connectivity index (χ4n) is 4.67. The molecule has 2 aromatic carbocycles. The van der Waals surface area contributed by atoms with E-state index in [-0.39, 0.29) is 23.5 Å². The molecule has 0 N–H and O–H groups in total. The maximum atomic E-state index is 13.3. The van der Waals surface area contributed by atoms with Crippen LogP contribution < -0.4 is 4.74 Å². The summed E-state index contributed by atoms with van der Waals surface area (Å²) < 4.78 is 21.1. The Hall–Kier alpha value is -3.55. The van der Waals surface area contributed by atoms with Crippen molar-refractivity contribution in [2.24, 2.45) is 0 Å². The summed E-state index contributed by atoms with van der Waals surface area (Å²) in [5, 5.41) is 5.09. The lowest BCUT2D eigenvalue weighted by atomic mass is 10.0. The quantitative estimate of drug-likeness (QED) is 0.168. The molecule has 0 fully saturated rings. The molecule has 1 aliphatic rings. The normalized spacial score (nSPS) is 14.6. The number of ketones is 2. The van der Waals surface area contributed by atoms with Crippen LogP contribution in [0.25, 0.3) is 22.2 Å². The van der Waals surface area contributed by atoms with Crippen molar-refractivity contribution in [2.75, 3.05) is 0 Å². The van der Waals surface area contributed by atoms with Gasteiger partial charge in [0.2, 0.25) is 0 Å². The van der Waals surface area contributed by atoms with Gasteiger partial charge < -0.3 is 4.74 Å². The second kappa shape index (κ2) is 10.7. The number of thiophene rings is 1. The SMILES string of the molecule is CC(=O)c1ccc(-c2cc(Cl)c3c(c2)CC(CCC(=O)/C=C/c2c(C)nn(-c4ccc(F)cc4)c2C)O3)s1. The average Bonchev–Trinajstić information content (AvgIpc) is 3.60. The number of halogens is 2. The van der Waals surface area contributed by atoms with Gasteiger partial charge in [-0.1, -0.05) is 11.6 Å². The van der Waals surface area contributed by atoms with Crippen molar-refractivity contribution >= 4 is 40.6 Å². The van der Waals surface area contributed by atoms with Crippen LogP contribution in [0.1, 0.15) is 52.0 Å². The summed E-state index contributed by atoms with van der Waals surface area (Å²) in [6, 6.07) is 13.8. The number of aryl methyl sites for hydroxylation is 1. The van der Waals surface area contributed by atoms with Crippen molar-refractivity contribution in [3.8, 4) is 21.9 Å². The summed E-state index contributed by atoms with van der Waals surface area (Å²) in [5.41, 5.74) is 5.26. The fourth-order valence-corrected chi connectivity index (χ4v) is 5.84. The van der Waals surface area contributed by atoms with E-state index in [2.05, 4.69) is 11.2 Å². The fraction of sp³-hybridized carbons (Fsp3) is 0.233. The summed E-state index contributed by atoms with van der Waals surface area (Å²) in [6.07, 6.45) is 4.84.